The molecule has 12 heteroatoms. The number of hydrogen-bond acceptors (Lipinski definition) is 7. The highest BCUT2D eigenvalue weighted by molar-refractivity contribution is 7.89. The average molecular weight is 656 g/mol. The number of ether oxygens (including phenoxy) is 3. The summed E-state index contributed by atoms with van der Waals surface area (Å²) < 4.78 is 44.9. The smallest absolute Gasteiger partial charge is 0.327 e. The molecule has 240 valence electrons. The highest BCUT2D eigenvalue weighted by Crippen LogP contribution is 2.33. The first kappa shape index (κ1) is 32.6. The number of aryl methyl sites for hydroxylation is 2. The van der Waals surface area contributed by atoms with E-state index in [2.05, 4.69) is 0 Å². The molecule has 0 radical (unpaired) electrons. The van der Waals surface area contributed by atoms with E-state index < -0.39 is 10.0 Å². The molecule has 3 amide bonds. The second-order valence-electron chi connectivity index (χ2n) is 11.4. The summed E-state index contributed by atoms with van der Waals surface area (Å²) in [6.07, 6.45) is 1.24. The van der Waals surface area contributed by atoms with Crippen molar-refractivity contribution in [3.05, 3.63) is 76.3 Å². The Morgan fingerprint density at radius 3 is 2.24 bits per heavy atom. The second kappa shape index (κ2) is 13.7. The quantitative estimate of drug-likeness (QED) is 0.263. The van der Waals surface area contributed by atoms with E-state index in [1.165, 1.54) is 35.6 Å². The molecule has 2 saturated heterocycles. The molecule has 0 spiro atoms. The summed E-state index contributed by atoms with van der Waals surface area (Å²) in [5, 5.41) is 0.518. The third-order valence-corrected chi connectivity index (χ3v) is 10.6. The van der Waals surface area contributed by atoms with Crippen molar-refractivity contribution in [3.8, 4) is 23.0 Å². The van der Waals surface area contributed by atoms with Gasteiger partial charge in [-0.3, -0.25) is 9.69 Å². The molecule has 0 aromatic heterocycles. The number of carbonyl (C=O) groups excluding carboxylic acids is 2. The predicted octanol–water partition coefficient (Wildman–Crippen LogP) is 6.02. The van der Waals surface area contributed by atoms with E-state index >= 15 is 0 Å². The van der Waals surface area contributed by atoms with Crippen molar-refractivity contribution in [1.29, 1.82) is 0 Å². The maximum Gasteiger partial charge on any atom is 0.327 e. The molecule has 2 aliphatic heterocycles. The van der Waals surface area contributed by atoms with Gasteiger partial charge in [0.25, 0.3) is 0 Å². The zero-order valence-corrected chi connectivity index (χ0v) is 27.5. The molecule has 3 aromatic carbocycles. The van der Waals surface area contributed by atoms with Crippen LogP contribution in [0.3, 0.4) is 0 Å². The van der Waals surface area contributed by atoms with Gasteiger partial charge in [0.05, 0.1) is 25.7 Å². The first-order chi connectivity index (χ1) is 21.5. The predicted molar refractivity (Wildman–Crippen MR) is 171 cm³/mol. The first-order valence-electron chi connectivity index (χ1n) is 14.8. The molecule has 0 aliphatic carbocycles. The number of urea groups is 1. The molecule has 5 rings (SSSR count). The van der Waals surface area contributed by atoms with Crippen LogP contribution in [0.15, 0.2) is 59.5 Å². The SMILES string of the molecule is COc1ccc(S(=O)(=O)N2CCC(CN3C(=O)CCN(Cc4cc(Cl)ccc4Oc4ccc(C)c(C)c4)C3=O)CC2)cc1OC. The Hall–Kier alpha value is -3.80. The number of sulfonamides is 1. The molecule has 10 nitrogen and oxygen atoms in total. The minimum atomic E-state index is -3.76. The molecule has 0 bridgehead atoms. The highest BCUT2D eigenvalue weighted by atomic mass is 35.5. The fraction of sp³-hybridized carbons (Fsp3) is 0.394. The van der Waals surface area contributed by atoms with Crippen LogP contribution in [0.2, 0.25) is 5.02 Å². The van der Waals surface area contributed by atoms with Crippen molar-refractivity contribution in [1.82, 2.24) is 14.1 Å². The molecule has 2 aliphatic rings. The fourth-order valence-corrected chi connectivity index (χ4v) is 7.34. The van der Waals surface area contributed by atoms with E-state index in [4.69, 9.17) is 25.8 Å². The van der Waals surface area contributed by atoms with Crippen molar-refractivity contribution in [2.75, 3.05) is 40.4 Å². The van der Waals surface area contributed by atoms with Gasteiger partial charge in [0, 0.05) is 49.3 Å². The van der Waals surface area contributed by atoms with Gasteiger partial charge in [-0.25, -0.2) is 13.2 Å². The minimum absolute atomic E-state index is 0.0236. The van der Waals surface area contributed by atoms with Crippen LogP contribution in [-0.4, -0.2) is 74.9 Å². The lowest BCUT2D eigenvalue weighted by atomic mass is 9.97. The van der Waals surface area contributed by atoms with Crippen molar-refractivity contribution in [3.63, 3.8) is 0 Å². The number of carbonyl (C=O) groups is 2. The van der Waals surface area contributed by atoms with E-state index in [1.54, 1.807) is 29.2 Å². The first-order valence-corrected chi connectivity index (χ1v) is 16.7. The van der Waals surface area contributed by atoms with Crippen LogP contribution in [0.25, 0.3) is 0 Å². The van der Waals surface area contributed by atoms with Gasteiger partial charge in [-0.2, -0.15) is 4.31 Å². The Kier molecular flexibility index (Phi) is 9.91. The molecular weight excluding hydrogens is 618 g/mol. The average Bonchev–Trinajstić information content (AvgIpc) is 3.03. The van der Waals surface area contributed by atoms with Crippen molar-refractivity contribution in [2.24, 2.45) is 5.92 Å². The van der Waals surface area contributed by atoms with E-state index in [-0.39, 0.29) is 61.9 Å². The molecule has 2 heterocycles. The number of imide groups is 1. The third-order valence-electron chi connectivity index (χ3n) is 8.50. The van der Waals surface area contributed by atoms with Gasteiger partial charge in [0.15, 0.2) is 11.5 Å². The molecule has 0 N–H and O–H groups in total. The van der Waals surface area contributed by atoms with Crippen LogP contribution in [0, 0.1) is 19.8 Å². The second-order valence-corrected chi connectivity index (χ2v) is 13.8. The van der Waals surface area contributed by atoms with Crippen LogP contribution < -0.4 is 14.2 Å². The number of nitrogens with zero attached hydrogens (tertiary/aromatic N) is 3. The van der Waals surface area contributed by atoms with Crippen molar-refractivity contribution in [2.45, 2.75) is 44.6 Å². The van der Waals surface area contributed by atoms with Gasteiger partial charge in [-0.15, -0.1) is 0 Å². The summed E-state index contributed by atoms with van der Waals surface area (Å²) in [5.74, 6) is 1.80. The maximum absolute atomic E-state index is 13.6. The Labute approximate surface area is 269 Å². The van der Waals surface area contributed by atoms with Crippen molar-refractivity contribution >= 4 is 33.6 Å². The number of benzene rings is 3. The zero-order chi connectivity index (χ0) is 32.3. The van der Waals surface area contributed by atoms with Crippen LogP contribution in [-0.2, 0) is 21.4 Å². The largest absolute Gasteiger partial charge is 0.493 e. The van der Waals surface area contributed by atoms with Gasteiger partial charge in [0.1, 0.15) is 11.5 Å². The van der Waals surface area contributed by atoms with Crippen LogP contribution in [0.1, 0.15) is 36.0 Å². The maximum atomic E-state index is 13.6. The van der Waals surface area contributed by atoms with Gasteiger partial charge in [-0.05, 0) is 86.2 Å². The molecule has 2 fully saturated rings. The summed E-state index contributed by atoms with van der Waals surface area (Å²) in [5.41, 5.74) is 3.00. The molecule has 0 unspecified atom stereocenters. The van der Waals surface area contributed by atoms with Gasteiger partial charge < -0.3 is 19.1 Å². The highest BCUT2D eigenvalue weighted by Gasteiger charge is 2.36. The van der Waals surface area contributed by atoms with Gasteiger partial charge >= 0.3 is 6.03 Å². The summed E-state index contributed by atoms with van der Waals surface area (Å²) >= 11 is 6.33. The summed E-state index contributed by atoms with van der Waals surface area (Å²) in [4.78, 5) is 29.6. The van der Waals surface area contributed by atoms with Crippen LogP contribution in [0.4, 0.5) is 4.79 Å². The number of halogens is 1. The summed E-state index contributed by atoms with van der Waals surface area (Å²) in [7, 11) is -0.810. The zero-order valence-electron chi connectivity index (χ0n) is 25.9. The normalized spacial score (nSPS) is 16.6. The Balaban J connectivity index is 1.23. The van der Waals surface area contributed by atoms with Gasteiger partial charge in [-0.1, -0.05) is 17.7 Å². The number of methoxy groups -OCH3 is 2. The van der Waals surface area contributed by atoms with Crippen LogP contribution in [0.5, 0.6) is 23.0 Å². The molecule has 3 aromatic rings. The van der Waals surface area contributed by atoms with Gasteiger partial charge in [0.2, 0.25) is 15.9 Å². The molecule has 45 heavy (non-hydrogen) atoms. The third kappa shape index (κ3) is 7.21. The summed E-state index contributed by atoms with van der Waals surface area (Å²) in [6.45, 7) is 5.36. The number of amides is 3. The molecule has 0 saturated carbocycles. The number of hydrogen-bond donors (Lipinski definition) is 0. The van der Waals surface area contributed by atoms with E-state index in [9.17, 15) is 18.0 Å². The topological polar surface area (TPSA) is 106 Å². The fourth-order valence-electron chi connectivity index (χ4n) is 5.66. The Morgan fingerprint density at radius 1 is 0.844 bits per heavy atom. The lowest BCUT2D eigenvalue weighted by molar-refractivity contribution is -0.131. The Morgan fingerprint density at radius 2 is 1.56 bits per heavy atom. The van der Waals surface area contributed by atoms with Crippen molar-refractivity contribution < 1.29 is 32.2 Å². The summed E-state index contributed by atoms with van der Waals surface area (Å²) in [6, 6.07) is 15.3. The van der Waals surface area contributed by atoms with E-state index in [1.807, 2.05) is 32.0 Å². The number of rotatable bonds is 10. The van der Waals surface area contributed by atoms with Crippen LogP contribution >= 0.6 is 11.6 Å². The Bertz CT molecular complexity index is 1690. The monoisotopic (exact) mass is 655 g/mol. The lowest BCUT2D eigenvalue weighted by Gasteiger charge is -2.38. The molecule has 0 atom stereocenters. The standard InChI is InChI=1S/C33H38ClN3O7S/c1-22-5-7-27(17-23(22)2)44-29-9-6-26(34)18-25(29)21-35-14-13-32(38)37(33(35)39)20-24-11-15-36(16-12-24)45(40,41)28-8-10-30(42-3)31(19-28)43-4/h5-10,17-19,24H,11-16,20-21H2,1-4H3. The van der Waals surface area contributed by atoms with E-state index in [0.717, 1.165) is 16.7 Å². The minimum Gasteiger partial charge on any atom is -0.493 e. The lowest BCUT2D eigenvalue weighted by Crippen LogP contribution is -2.54. The van der Waals surface area contributed by atoms with E-state index in [0.29, 0.717) is 40.9 Å². The molecular formula is C33H38ClN3O7S. The number of piperidine rings is 1.